The first-order valence-electron chi connectivity index (χ1n) is 11.7. The summed E-state index contributed by atoms with van der Waals surface area (Å²) in [5, 5.41) is 11.7. The lowest BCUT2D eigenvalue weighted by Crippen LogP contribution is -2.27. The quantitative estimate of drug-likeness (QED) is 0.385. The van der Waals surface area contributed by atoms with Gasteiger partial charge in [0.2, 0.25) is 5.91 Å². The molecule has 4 rings (SSSR count). The lowest BCUT2D eigenvalue weighted by atomic mass is 9.87. The van der Waals surface area contributed by atoms with Crippen LogP contribution in [0.5, 0.6) is 0 Å². The van der Waals surface area contributed by atoms with Gasteiger partial charge < -0.3 is 10.6 Å². The van der Waals surface area contributed by atoms with Gasteiger partial charge in [-0.05, 0) is 43.1 Å². The molecule has 0 unspecified atom stereocenters. The lowest BCUT2D eigenvalue weighted by Gasteiger charge is -2.20. The molecule has 2 aromatic heterocycles. The Bertz CT molecular complexity index is 1060. The molecule has 8 heteroatoms. The molecule has 0 radical (unpaired) electrons. The van der Waals surface area contributed by atoms with E-state index in [1.54, 1.807) is 0 Å². The summed E-state index contributed by atoms with van der Waals surface area (Å²) in [6.07, 6.45) is 10.7. The van der Waals surface area contributed by atoms with E-state index in [4.69, 9.17) is 16.6 Å². The van der Waals surface area contributed by atoms with Crippen molar-refractivity contribution in [2.24, 2.45) is 5.92 Å². The summed E-state index contributed by atoms with van der Waals surface area (Å²) in [6, 6.07) is 9.73. The topological polar surface area (TPSA) is 71.3 Å². The van der Waals surface area contributed by atoms with E-state index in [2.05, 4.69) is 15.7 Å². The molecular formula is C24H31BClN5O. The molecular weight excluding hydrogens is 421 g/mol. The van der Waals surface area contributed by atoms with E-state index >= 15 is 0 Å². The van der Waals surface area contributed by atoms with Crippen molar-refractivity contribution in [1.29, 1.82) is 0 Å². The fourth-order valence-electron chi connectivity index (χ4n) is 4.43. The predicted molar refractivity (Wildman–Crippen MR) is 134 cm³/mol. The molecule has 1 amide bonds. The van der Waals surface area contributed by atoms with Crippen molar-refractivity contribution in [2.45, 2.75) is 51.4 Å². The second-order valence-electron chi connectivity index (χ2n) is 8.76. The summed E-state index contributed by atoms with van der Waals surface area (Å²) in [7, 11) is 2.01. The fourth-order valence-corrected chi connectivity index (χ4v) is 4.66. The fraction of sp³-hybridized carbons (Fsp3) is 0.458. The van der Waals surface area contributed by atoms with Gasteiger partial charge in [-0.15, -0.1) is 0 Å². The van der Waals surface area contributed by atoms with Gasteiger partial charge in [0.05, 0.1) is 5.69 Å². The van der Waals surface area contributed by atoms with Crippen molar-refractivity contribution in [1.82, 2.24) is 19.9 Å². The van der Waals surface area contributed by atoms with E-state index in [0.717, 1.165) is 54.1 Å². The van der Waals surface area contributed by atoms with Crippen LogP contribution >= 0.6 is 11.6 Å². The molecule has 6 nitrogen and oxygen atoms in total. The van der Waals surface area contributed by atoms with E-state index in [9.17, 15) is 4.79 Å². The smallest absolute Gasteiger partial charge is 0.220 e. The van der Waals surface area contributed by atoms with Crippen LogP contribution < -0.4 is 16.1 Å². The van der Waals surface area contributed by atoms with Crippen molar-refractivity contribution in [3.63, 3.8) is 0 Å². The molecule has 1 aliphatic rings. The van der Waals surface area contributed by atoms with Crippen LogP contribution in [0.3, 0.4) is 0 Å². The van der Waals surface area contributed by atoms with Crippen molar-refractivity contribution in [3.05, 3.63) is 41.6 Å². The third-order valence-electron chi connectivity index (χ3n) is 6.23. The number of carbonyl (C=O) groups is 1. The Morgan fingerprint density at radius 1 is 1.16 bits per heavy atom. The van der Waals surface area contributed by atoms with E-state index in [1.807, 2.05) is 48.9 Å². The molecule has 0 atom stereocenters. The maximum Gasteiger partial charge on any atom is 0.220 e. The maximum atomic E-state index is 12.2. The number of nitrogens with zero attached hydrogens (tertiary/aromatic N) is 3. The van der Waals surface area contributed by atoms with Crippen LogP contribution in [0.4, 0.5) is 5.82 Å². The van der Waals surface area contributed by atoms with Crippen LogP contribution in [0.2, 0.25) is 5.02 Å². The Balaban J connectivity index is 1.30. The number of hydrogen-bond donors (Lipinski definition) is 2. The number of rotatable bonds is 9. The molecule has 1 aliphatic carbocycles. The Labute approximate surface area is 195 Å². The van der Waals surface area contributed by atoms with Crippen molar-refractivity contribution >= 4 is 42.3 Å². The third-order valence-corrected chi connectivity index (χ3v) is 6.56. The summed E-state index contributed by atoms with van der Waals surface area (Å²) in [5.41, 5.74) is 3.56. The van der Waals surface area contributed by atoms with E-state index < -0.39 is 0 Å². The van der Waals surface area contributed by atoms with Gasteiger partial charge in [-0.2, -0.15) is 9.61 Å². The normalized spacial score (nSPS) is 14.5. The number of fused-ring (bicyclic) bond motifs is 1. The first-order valence-corrected chi connectivity index (χ1v) is 12.1. The molecule has 168 valence electrons. The highest BCUT2D eigenvalue weighted by Gasteiger charge is 2.16. The van der Waals surface area contributed by atoms with Crippen LogP contribution in [-0.2, 0) is 4.79 Å². The number of anilines is 1. The molecule has 0 saturated heterocycles. The van der Waals surface area contributed by atoms with Gasteiger partial charge >= 0.3 is 0 Å². The highest BCUT2D eigenvalue weighted by Crippen LogP contribution is 2.28. The standard InChI is InChI=1S/C24H31BClN5O/c25-19-16-29-31-22(15-21(30-24(19)31)18-10-4-5-11-20(18)26)27-12-6-7-13-28-23(32)14-17-8-2-1-3-9-17/h4-5,10-11,15-17,27H,1-3,6-9,12-14,25H2,(H,28,32). The number of aromatic nitrogens is 3. The van der Waals surface area contributed by atoms with Gasteiger partial charge in [-0.3, -0.25) is 4.79 Å². The number of halogens is 1. The van der Waals surface area contributed by atoms with E-state index in [1.165, 1.54) is 32.1 Å². The first kappa shape index (κ1) is 22.7. The van der Waals surface area contributed by atoms with Gasteiger partial charge in [-0.25, -0.2) is 4.98 Å². The summed E-state index contributed by atoms with van der Waals surface area (Å²) >= 11 is 6.41. The Hall–Kier alpha value is -2.54. The van der Waals surface area contributed by atoms with Crippen molar-refractivity contribution in [3.8, 4) is 11.3 Å². The largest absolute Gasteiger partial charge is 0.370 e. The van der Waals surface area contributed by atoms with Gasteiger partial charge in [0.15, 0.2) is 5.65 Å². The van der Waals surface area contributed by atoms with Gasteiger partial charge in [-0.1, -0.05) is 49.1 Å². The average molecular weight is 452 g/mol. The zero-order valence-electron chi connectivity index (χ0n) is 18.7. The number of amides is 1. The van der Waals surface area contributed by atoms with E-state index in [-0.39, 0.29) is 5.91 Å². The second-order valence-corrected chi connectivity index (χ2v) is 9.17. The molecule has 32 heavy (non-hydrogen) atoms. The predicted octanol–water partition coefficient (Wildman–Crippen LogP) is 3.59. The molecule has 2 N–H and O–H groups in total. The summed E-state index contributed by atoms with van der Waals surface area (Å²) in [4.78, 5) is 16.9. The molecule has 1 saturated carbocycles. The van der Waals surface area contributed by atoms with Gasteiger partial charge in [0.1, 0.15) is 13.7 Å². The SMILES string of the molecule is Bc1cnn2c(NCCCCNC(=O)CC3CCCCC3)cc(-c3ccccc3Cl)nc12. The van der Waals surface area contributed by atoms with E-state index in [0.29, 0.717) is 17.4 Å². The van der Waals surface area contributed by atoms with Crippen LogP contribution in [0, 0.1) is 5.92 Å². The molecule has 0 bridgehead atoms. The average Bonchev–Trinajstić information content (AvgIpc) is 3.18. The highest BCUT2D eigenvalue weighted by atomic mass is 35.5. The highest BCUT2D eigenvalue weighted by molar-refractivity contribution is 6.36. The first-order chi connectivity index (χ1) is 15.6. The van der Waals surface area contributed by atoms with Crippen molar-refractivity contribution in [2.75, 3.05) is 18.4 Å². The van der Waals surface area contributed by atoms with Crippen LogP contribution in [-0.4, -0.2) is 41.4 Å². The Morgan fingerprint density at radius 3 is 2.75 bits per heavy atom. The molecule has 1 fully saturated rings. The zero-order valence-corrected chi connectivity index (χ0v) is 19.5. The third kappa shape index (κ3) is 5.63. The second kappa shape index (κ2) is 10.9. The Morgan fingerprint density at radius 2 is 1.94 bits per heavy atom. The monoisotopic (exact) mass is 451 g/mol. The van der Waals surface area contributed by atoms with Crippen LogP contribution in [0.1, 0.15) is 51.4 Å². The summed E-state index contributed by atoms with van der Waals surface area (Å²) < 4.78 is 1.83. The zero-order chi connectivity index (χ0) is 22.3. The van der Waals surface area contributed by atoms with Crippen LogP contribution in [0.15, 0.2) is 36.5 Å². The van der Waals surface area contributed by atoms with Gasteiger partial charge in [0.25, 0.3) is 0 Å². The number of nitrogens with one attached hydrogen (secondary N) is 2. The van der Waals surface area contributed by atoms with Crippen molar-refractivity contribution < 1.29 is 4.79 Å². The number of benzene rings is 1. The molecule has 0 spiro atoms. The number of unbranched alkanes of at least 4 members (excludes halogenated alkanes) is 1. The minimum absolute atomic E-state index is 0.206. The number of hydrogen-bond acceptors (Lipinski definition) is 4. The number of carbonyl (C=O) groups excluding carboxylic acids is 1. The summed E-state index contributed by atoms with van der Waals surface area (Å²) in [6.45, 7) is 1.52. The molecule has 1 aromatic carbocycles. The van der Waals surface area contributed by atoms with Crippen LogP contribution in [0.25, 0.3) is 16.9 Å². The minimum Gasteiger partial charge on any atom is -0.370 e. The molecule has 0 aliphatic heterocycles. The summed E-state index contributed by atoms with van der Waals surface area (Å²) in [5.74, 6) is 1.68. The molecule has 2 heterocycles. The Kier molecular flexibility index (Phi) is 7.69. The lowest BCUT2D eigenvalue weighted by molar-refractivity contribution is -0.122. The minimum atomic E-state index is 0.206. The molecule has 3 aromatic rings. The van der Waals surface area contributed by atoms with Gasteiger partial charge in [0, 0.05) is 42.4 Å². The maximum absolute atomic E-state index is 12.2.